The van der Waals surface area contributed by atoms with Gasteiger partial charge in [-0.2, -0.15) is 0 Å². The predicted molar refractivity (Wildman–Crippen MR) is 65.9 cm³/mol. The number of halogens is 1. The third-order valence-electron chi connectivity index (χ3n) is 2.41. The number of hydrogen-bond acceptors (Lipinski definition) is 2. The number of furan rings is 1. The van der Waals surface area contributed by atoms with Gasteiger partial charge < -0.3 is 0 Å². The molecule has 0 aliphatic heterocycles. The molecule has 1 rings (SSSR count). The molecule has 0 fully saturated rings. The summed E-state index contributed by atoms with van der Waals surface area (Å²) in [5, 5.41) is 0. The molecule has 0 aliphatic carbocycles. The van der Waals surface area contributed by atoms with Crippen LogP contribution in [0, 0.1) is 0 Å². The maximum absolute atomic E-state index is 6.51. The predicted octanol–water partition coefficient (Wildman–Crippen LogP) is 3.98. The topological polar surface area (TPSA) is 22.4 Å². The average Bonchev–Trinajstić information content (AvgIpc) is 2.77. The molecule has 0 N–H and O–H groups in total. The van der Waals surface area contributed by atoms with E-state index in [2.05, 4.69) is 17.9 Å². The molecule has 0 radical (unpaired) electrons. The molecule has 4 heteroatoms. The fourth-order valence-electron chi connectivity index (χ4n) is 1.22. The summed E-state index contributed by atoms with van der Waals surface area (Å²) in [4.78, 5) is 0. The molecule has 1 aromatic heterocycles. The van der Waals surface area contributed by atoms with Gasteiger partial charge in [0.2, 0.25) is 0 Å². The van der Waals surface area contributed by atoms with Crippen molar-refractivity contribution < 1.29 is 9.15 Å². The Morgan fingerprint density at radius 2 is 2.20 bits per heavy atom. The van der Waals surface area contributed by atoms with Crippen LogP contribution in [0.25, 0.3) is 0 Å². The molecule has 0 amide bonds. The fraction of sp³-hybridized carbons (Fsp3) is 0.455. The van der Waals surface area contributed by atoms with Crippen LogP contribution in [-0.2, 0) is 0 Å². The second-order valence-electron chi connectivity index (χ2n) is 3.39. The molecule has 0 bridgehead atoms. The van der Waals surface area contributed by atoms with E-state index >= 15 is 0 Å². The summed E-state index contributed by atoms with van der Waals surface area (Å²) in [6.45, 7) is 4.88. The second kappa shape index (κ2) is 6.48. The summed E-state index contributed by atoms with van der Waals surface area (Å²) in [5.41, 5.74) is 0. The molecule has 0 aromatic carbocycles. The average molecular weight is 335 g/mol. The van der Waals surface area contributed by atoms with Crippen molar-refractivity contribution in [1.29, 1.82) is 0 Å². The molecule has 0 unspecified atom stereocenters. The van der Waals surface area contributed by atoms with Crippen LogP contribution >= 0.6 is 8.92 Å². The van der Waals surface area contributed by atoms with Gasteiger partial charge in [0.1, 0.15) is 0 Å². The molecule has 15 heavy (non-hydrogen) atoms. The second-order valence-corrected chi connectivity index (χ2v) is 19.3. The summed E-state index contributed by atoms with van der Waals surface area (Å²) in [6, 6.07) is 3.60. The maximum atomic E-state index is 6.51. The van der Waals surface area contributed by atoms with Gasteiger partial charge in [0.15, 0.2) is 0 Å². The SMILES string of the molecule is C[CH2][Sn]([Cl])(/[CH]=C\COc1ccco1)[CH2]C. The van der Waals surface area contributed by atoms with Gasteiger partial charge in [0, 0.05) is 0 Å². The molecular weight excluding hydrogens is 318 g/mol. The summed E-state index contributed by atoms with van der Waals surface area (Å²) in [5.74, 6) is 0.558. The zero-order chi connectivity index (χ0) is 11.1. The van der Waals surface area contributed by atoms with Crippen LogP contribution in [0.3, 0.4) is 0 Å². The zero-order valence-corrected chi connectivity index (χ0v) is 12.8. The van der Waals surface area contributed by atoms with Gasteiger partial charge in [-0.15, -0.1) is 0 Å². The van der Waals surface area contributed by atoms with Crippen molar-refractivity contribution >= 4 is 26.2 Å². The zero-order valence-electron chi connectivity index (χ0n) is 9.20. The first-order valence-electron chi connectivity index (χ1n) is 5.23. The van der Waals surface area contributed by atoms with E-state index in [0.717, 1.165) is 8.87 Å². The Kier molecular flexibility index (Phi) is 5.61. The Hall–Kier alpha value is -0.0913. The summed E-state index contributed by atoms with van der Waals surface area (Å²) in [7, 11) is 6.51. The molecule has 0 atom stereocenters. The van der Waals surface area contributed by atoms with Crippen molar-refractivity contribution in [2.45, 2.75) is 22.7 Å². The van der Waals surface area contributed by atoms with E-state index in [-0.39, 0.29) is 0 Å². The monoisotopic (exact) mass is 336 g/mol. The third kappa shape index (κ3) is 4.51. The molecule has 0 spiro atoms. The molecular formula is C11H17ClO2Sn. The normalized spacial score (nSPS) is 12.2. The van der Waals surface area contributed by atoms with Crippen LogP contribution in [0.1, 0.15) is 13.8 Å². The van der Waals surface area contributed by atoms with E-state index in [9.17, 15) is 0 Å². The minimum atomic E-state index is -2.36. The van der Waals surface area contributed by atoms with Crippen LogP contribution in [0.15, 0.2) is 33.0 Å². The van der Waals surface area contributed by atoms with Gasteiger partial charge in [-0.3, -0.25) is 0 Å². The first-order valence-corrected chi connectivity index (χ1v) is 14.5. The van der Waals surface area contributed by atoms with E-state index in [1.54, 1.807) is 12.3 Å². The van der Waals surface area contributed by atoms with E-state index < -0.39 is 17.3 Å². The third-order valence-corrected chi connectivity index (χ3v) is 15.9. The summed E-state index contributed by atoms with van der Waals surface area (Å²) >= 11 is -2.36. The molecule has 0 saturated carbocycles. The van der Waals surface area contributed by atoms with E-state index in [0.29, 0.717) is 12.6 Å². The Morgan fingerprint density at radius 1 is 1.47 bits per heavy atom. The summed E-state index contributed by atoms with van der Waals surface area (Å²) < 4.78 is 14.9. The molecule has 1 aromatic rings. The van der Waals surface area contributed by atoms with Crippen LogP contribution in [-0.4, -0.2) is 23.9 Å². The number of rotatable bonds is 6. The molecule has 0 saturated heterocycles. The van der Waals surface area contributed by atoms with Crippen molar-refractivity contribution in [3.8, 4) is 5.95 Å². The van der Waals surface area contributed by atoms with Crippen molar-refractivity contribution in [2.75, 3.05) is 6.61 Å². The molecule has 2 nitrogen and oxygen atoms in total. The minimum absolute atomic E-state index is 0.541. The number of ether oxygens (including phenoxy) is 1. The van der Waals surface area contributed by atoms with Gasteiger partial charge in [0.05, 0.1) is 0 Å². The van der Waals surface area contributed by atoms with Crippen LogP contribution in [0.4, 0.5) is 0 Å². The van der Waals surface area contributed by atoms with E-state index in [1.807, 2.05) is 12.1 Å². The van der Waals surface area contributed by atoms with Crippen molar-refractivity contribution in [1.82, 2.24) is 0 Å². The van der Waals surface area contributed by atoms with Crippen LogP contribution in [0.2, 0.25) is 8.87 Å². The van der Waals surface area contributed by atoms with Crippen molar-refractivity contribution in [3.05, 3.63) is 28.6 Å². The van der Waals surface area contributed by atoms with E-state index in [1.165, 1.54) is 0 Å². The van der Waals surface area contributed by atoms with E-state index in [4.69, 9.17) is 18.1 Å². The Labute approximate surface area is 98.8 Å². The van der Waals surface area contributed by atoms with Crippen LogP contribution in [0.5, 0.6) is 5.95 Å². The molecule has 0 aliphatic rings. The van der Waals surface area contributed by atoms with Gasteiger partial charge in [-0.25, -0.2) is 0 Å². The van der Waals surface area contributed by atoms with Gasteiger partial charge in [-0.1, -0.05) is 0 Å². The van der Waals surface area contributed by atoms with Crippen LogP contribution < -0.4 is 4.74 Å². The summed E-state index contributed by atoms with van der Waals surface area (Å²) in [6.07, 6.45) is 3.63. The first kappa shape index (κ1) is 13.0. The van der Waals surface area contributed by atoms with Crippen molar-refractivity contribution in [2.24, 2.45) is 0 Å². The Morgan fingerprint density at radius 3 is 2.73 bits per heavy atom. The molecule has 84 valence electrons. The van der Waals surface area contributed by atoms with Gasteiger partial charge in [0.25, 0.3) is 0 Å². The molecule has 1 heterocycles. The Bertz CT molecular complexity index is 292. The standard InChI is InChI=1S/C7H7O2.2C2H5.ClH.Sn/c1-2-5-8-7-4-3-6-9-7;2*1-2;;/h1-4,6H,5H2;2*1H2,2H3;1H;/q;;;;+1/p-1. The Balaban J connectivity index is 2.33. The van der Waals surface area contributed by atoms with Gasteiger partial charge >= 0.3 is 99.2 Å². The number of hydrogen-bond donors (Lipinski definition) is 0. The fourth-order valence-corrected chi connectivity index (χ4v) is 6.07. The first-order chi connectivity index (χ1) is 7.20. The quantitative estimate of drug-likeness (QED) is 0.734. The van der Waals surface area contributed by atoms with Gasteiger partial charge in [-0.05, 0) is 0 Å². The van der Waals surface area contributed by atoms with Crippen molar-refractivity contribution in [3.63, 3.8) is 0 Å².